The molecule has 3 heteroatoms. The standard InChI is InChI=1S/C11H13BrO2/c1-8(2)9-3-4-11(10(12)7-9)14-6-5-13/h3-5,7-8H,6H2,1-2H3. The lowest BCUT2D eigenvalue weighted by atomic mass is 10.0. The van der Waals surface area contributed by atoms with Crippen molar-refractivity contribution in [3.05, 3.63) is 28.2 Å². The van der Waals surface area contributed by atoms with Crippen LogP contribution >= 0.6 is 15.9 Å². The van der Waals surface area contributed by atoms with Crippen LogP contribution < -0.4 is 4.74 Å². The first-order valence-corrected chi connectivity index (χ1v) is 5.30. The molecule has 0 unspecified atom stereocenters. The maximum Gasteiger partial charge on any atom is 0.157 e. The molecule has 0 radical (unpaired) electrons. The second kappa shape index (κ2) is 5.15. The number of hydrogen-bond acceptors (Lipinski definition) is 2. The number of ether oxygens (including phenoxy) is 1. The Morgan fingerprint density at radius 3 is 2.71 bits per heavy atom. The molecule has 0 aliphatic rings. The fourth-order valence-electron chi connectivity index (χ4n) is 1.12. The lowest BCUT2D eigenvalue weighted by Crippen LogP contribution is -1.98. The van der Waals surface area contributed by atoms with Gasteiger partial charge < -0.3 is 4.74 Å². The molecule has 76 valence electrons. The fraction of sp³-hybridized carbons (Fsp3) is 0.364. The van der Waals surface area contributed by atoms with Crippen molar-refractivity contribution in [3.63, 3.8) is 0 Å². The second-order valence-corrected chi connectivity index (χ2v) is 4.18. The molecule has 1 aromatic rings. The van der Waals surface area contributed by atoms with Crippen LogP contribution in [0.25, 0.3) is 0 Å². The summed E-state index contributed by atoms with van der Waals surface area (Å²) in [5.41, 5.74) is 1.25. The van der Waals surface area contributed by atoms with E-state index in [9.17, 15) is 4.79 Å². The number of hydrogen-bond donors (Lipinski definition) is 0. The van der Waals surface area contributed by atoms with Gasteiger partial charge in [-0.1, -0.05) is 19.9 Å². The van der Waals surface area contributed by atoms with Gasteiger partial charge in [0.25, 0.3) is 0 Å². The normalized spacial score (nSPS) is 10.3. The summed E-state index contributed by atoms with van der Waals surface area (Å²) >= 11 is 3.40. The van der Waals surface area contributed by atoms with E-state index in [1.54, 1.807) is 0 Å². The fourth-order valence-corrected chi connectivity index (χ4v) is 1.63. The highest BCUT2D eigenvalue weighted by Gasteiger charge is 2.04. The Kier molecular flexibility index (Phi) is 4.14. The molecule has 0 N–H and O–H groups in total. The van der Waals surface area contributed by atoms with Gasteiger partial charge in [0.1, 0.15) is 12.4 Å². The van der Waals surface area contributed by atoms with Crippen LogP contribution in [-0.4, -0.2) is 12.9 Å². The minimum atomic E-state index is 0.0969. The Hall–Kier alpha value is -0.830. The third kappa shape index (κ3) is 2.84. The predicted octanol–water partition coefficient (Wildman–Crippen LogP) is 3.15. The molecule has 1 aromatic carbocycles. The molecule has 14 heavy (non-hydrogen) atoms. The van der Waals surface area contributed by atoms with Gasteiger partial charge in [0.05, 0.1) is 4.47 Å². The number of benzene rings is 1. The molecule has 0 atom stereocenters. The minimum absolute atomic E-state index is 0.0969. The SMILES string of the molecule is CC(C)c1ccc(OCC=O)c(Br)c1. The summed E-state index contributed by atoms with van der Waals surface area (Å²) in [6, 6.07) is 5.91. The molecular weight excluding hydrogens is 244 g/mol. The van der Waals surface area contributed by atoms with Gasteiger partial charge in [0.15, 0.2) is 6.29 Å². The zero-order chi connectivity index (χ0) is 10.6. The quantitative estimate of drug-likeness (QED) is 0.774. The van der Waals surface area contributed by atoms with Crippen LogP contribution in [-0.2, 0) is 4.79 Å². The third-order valence-electron chi connectivity index (χ3n) is 1.93. The van der Waals surface area contributed by atoms with Crippen LogP contribution in [0, 0.1) is 0 Å². The van der Waals surface area contributed by atoms with E-state index in [1.165, 1.54) is 5.56 Å². The average Bonchev–Trinajstić information content (AvgIpc) is 2.15. The van der Waals surface area contributed by atoms with Crippen LogP contribution in [0.15, 0.2) is 22.7 Å². The first kappa shape index (κ1) is 11.2. The van der Waals surface area contributed by atoms with Gasteiger partial charge in [-0.3, -0.25) is 4.79 Å². The van der Waals surface area contributed by atoms with E-state index >= 15 is 0 Å². The maximum atomic E-state index is 10.1. The van der Waals surface area contributed by atoms with Crippen molar-refractivity contribution >= 4 is 22.2 Å². The molecule has 0 spiro atoms. The largest absolute Gasteiger partial charge is 0.485 e. The molecule has 0 saturated carbocycles. The molecule has 0 aliphatic carbocycles. The average molecular weight is 257 g/mol. The van der Waals surface area contributed by atoms with Crippen molar-refractivity contribution in [3.8, 4) is 5.75 Å². The topological polar surface area (TPSA) is 26.3 Å². The van der Waals surface area contributed by atoms with Crippen molar-refractivity contribution in [2.24, 2.45) is 0 Å². The summed E-state index contributed by atoms with van der Waals surface area (Å²) in [7, 11) is 0. The Morgan fingerprint density at radius 2 is 2.21 bits per heavy atom. The summed E-state index contributed by atoms with van der Waals surface area (Å²) in [6.07, 6.45) is 0.739. The minimum Gasteiger partial charge on any atom is -0.485 e. The molecule has 0 heterocycles. The zero-order valence-corrected chi connectivity index (χ0v) is 9.87. The molecule has 0 bridgehead atoms. The molecule has 2 nitrogen and oxygen atoms in total. The molecule has 0 saturated heterocycles. The predicted molar refractivity (Wildman–Crippen MR) is 59.8 cm³/mol. The first-order valence-electron chi connectivity index (χ1n) is 4.51. The summed E-state index contributed by atoms with van der Waals surface area (Å²) in [5, 5.41) is 0. The van der Waals surface area contributed by atoms with E-state index in [2.05, 4.69) is 29.8 Å². The number of halogens is 1. The van der Waals surface area contributed by atoms with Crippen LogP contribution in [0.4, 0.5) is 0 Å². The highest BCUT2D eigenvalue weighted by atomic mass is 79.9. The van der Waals surface area contributed by atoms with Gasteiger partial charge in [-0.2, -0.15) is 0 Å². The zero-order valence-electron chi connectivity index (χ0n) is 8.29. The van der Waals surface area contributed by atoms with E-state index in [-0.39, 0.29) is 6.61 Å². The van der Waals surface area contributed by atoms with E-state index in [1.807, 2.05) is 18.2 Å². The highest BCUT2D eigenvalue weighted by Crippen LogP contribution is 2.28. The van der Waals surface area contributed by atoms with Crippen LogP contribution in [0.3, 0.4) is 0 Å². The smallest absolute Gasteiger partial charge is 0.157 e. The van der Waals surface area contributed by atoms with Crippen LogP contribution in [0.2, 0.25) is 0 Å². The van der Waals surface area contributed by atoms with Gasteiger partial charge in [-0.05, 0) is 39.5 Å². The maximum absolute atomic E-state index is 10.1. The molecule has 0 amide bonds. The second-order valence-electron chi connectivity index (χ2n) is 3.32. The molecule has 1 rings (SSSR count). The number of aldehydes is 1. The van der Waals surface area contributed by atoms with Gasteiger partial charge >= 0.3 is 0 Å². The highest BCUT2D eigenvalue weighted by molar-refractivity contribution is 9.10. The van der Waals surface area contributed by atoms with Crippen molar-refractivity contribution < 1.29 is 9.53 Å². The van der Waals surface area contributed by atoms with E-state index in [0.717, 1.165) is 10.8 Å². The van der Waals surface area contributed by atoms with Crippen molar-refractivity contribution in [2.45, 2.75) is 19.8 Å². The van der Waals surface area contributed by atoms with E-state index in [0.29, 0.717) is 11.7 Å². The van der Waals surface area contributed by atoms with Crippen molar-refractivity contribution in [1.29, 1.82) is 0 Å². The summed E-state index contributed by atoms with van der Waals surface area (Å²) in [6.45, 7) is 4.36. The first-order chi connectivity index (χ1) is 6.65. The van der Waals surface area contributed by atoms with E-state index in [4.69, 9.17) is 4.74 Å². The monoisotopic (exact) mass is 256 g/mol. The summed E-state index contributed by atoms with van der Waals surface area (Å²) < 4.78 is 6.10. The summed E-state index contributed by atoms with van der Waals surface area (Å²) in [5.74, 6) is 1.20. The van der Waals surface area contributed by atoms with Crippen molar-refractivity contribution in [2.75, 3.05) is 6.61 Å². The molecule has 0 aliphatic heterocycles. The molecule has 0 fully saturated rings. The number of carbonyl (C=O) groups is 1. The summed E-state index contributed by atoms with van der Waals surface area (Å²) in [4.78, 5) is 10.1. The van der Waals surface area contributed by atoms with Crippen LogP contribution in [0.5, 0.6) is 5.75 Å². The van der Waals surface area contributed by atoms with Gasteiger partial charge in [0.2, 0.25) is 0 Å². The number of carbonyl (C=O) groups excluding carboxylic acids is 1. The Balaban J connectivity index is 2.84. The van der Waals surface area contributed by atoms with Gasteiger partial charge in [-0.15, -0.1) is 0 Å². The Bertz CT molecular complexity index is 321. The molecular formula is C11H13BrO2. The van der Waals surface area contributed by atoms with Crippen molar-refractivity contribution in [1.82, 2.24) is 0 Å². The van der Waals surface area contributed by atoms with Crippen LogP contribution in [0.1, 0.15) is 25.3 Å². The number of rotatable bonds is 4. The third-order valence-corrected chi connectivity index (χ3v) is 2.55. The Labute approximate surface area is 92.4 Å². The lowest BCUT2D eigenvalue weighted by Gasteiger charge is -2.09. The molecule has 0 aromatic heterocycles. The van der Waals surface area contributed by atoms with E-state index < -0.39 is 0 Å². The van der Waals surface area contributed by atoms with Gasteiger partial charge in [0, 0.05) is 0 Å². The Morgan fingerprint density at radius 1 is 1.50 bits per heavy atom. The lowest BCUT2D eigenvalue weighted by molar-refractivity contribution is -0.109. The van der Waals surface area contributed by atoms with Gasteiger partial charge in [-0.25, -0.2) is 0 Å².